The fourth-order valence-corrected chi connectivity index (χ4v) is 3.79. The zero-order valence-electron chi connectivity index (χ0n) is 16.7. The number of thioether (sulfide) groups is 1. The first-order valence-corrected chi connectivity index (χ1v) is 11.1. The molecule has 1 aromatic carbocycles. The van der Waals surface area contributed by atoms with Crippen LogP contribution in [0.5, 0.6) is 0 Å². The lowest BCUT2D eigenvalue weighted by atomic mass is 10.2. The number of anilines is 2. The van der Waals surface area contributed by atoms with Gasteiger partial charge >= 0.3 is 0 Å². The molecule has 0 saturated heterocycles. The molecule has 0 bridgehead atoms. The maximum atomic E-state index is 12.2. The van der Waals surface area contributed by atoms with Gasteiger partial charge in [-0.3, -0.25) is 4.79 Å². The molecule has 0 fully saturated rings. The van der Waals surface area contributed by atoms with Gasteiger partial charge in [-0.05, 0) is 49.6 Å². The summed E-state index contributed by atoms with van der Waals surface area (Å²) in [5.41, 5.74) is 3.56. The summed E-state index contributed by atoms with van der Waals surface area (Å²) in [6.45, 7) is 8.62. The van der Waals surface area contributed by atoms with Crippen molar-refractivity contribution in [1.29, 1.82) is 0 Å². The molecule has 0 aliphatic rings. The molecular formula is C21H26N4OS2. The number of carbonyl (C=O) groups is 1. The molecule has 0 unspecified atom stereocenters. The lowest BCUT2D eigenvalue weighted by Gasteiger charge is -2.09. The summed E-state index contributed by atoms with van der Waals surface area (Å²) in [5, 5.41) is 8.98. The van der Waals surface area contributed by atoms with E-state index in [9.17, 15) is 4.79 Å². The Bertz CT molecular complexity index is 862. The number of benzene rings is 1. The predicted molar refractivity (Wildman–Crippen MR) is 120 cm³/mol. The molecule has 0 saturated carbocycles. The lowest BCUT2D eigenvalue weighted by Crippen LogP contribution is -2.14. The molecule has 7 heteroatoms. The summed E-state index contributed by atoms with van der Waals surface area (Å²) in [4.78, 5) is 22.2. The van der Waals surface area contributed by atoms with E-state index in [0.717, 1.165) is 29.3 Å². The normalized spacial score (nSPS) is 10.0. The number of aryl methyl sites for hydroxylation is 2. The van der Waals surface area contributed by atoms with E-state index in [4.69, 9.17) is 0 Å². The molecule has 3 aromatic rings. The Hall–Kier alpha value is -2.38. The Balaban J connectivity index is 0.00000136. The second-order valence-corrected chi connectivity index (χ2v) is 7.76. The van der Waals surface area contributed by atoms with Crippen LogP contribution in [0.2, 0.25) is 0 Å². The van der Waals surface area contributed by atoms with E-state index in [-0.39, 0.29) is 11.7 Å². The van der Waals surface area contributed by atoms with Gasteiger partial charge in [-0.1, -0.05) is 37.7 Å². The van der Waals surface area contributed by atoms with E-state index in [2.05, 4.69) is 32.0 Å². The number of nitrogens with zero attached hydrogens (tertiary/aromatic N) is 2. The molecule has 1 amide bonds. The van der Waals surface area contributed by atoms with Gasteiger partial charge in [0.25, 0.3) is 0 Å². The first kappa shape index (κ1) is 21.9. The van der Waals surface area contributed by atoms with Crippen molar-refractivity contribution in [1.82, 2.24) is 9.97 Å². The molecule has 0 aliphatic carbocycles. The lowest BCUT2D eigenvalue weighted by molar-refractivity contribution is -0.113. The van der Waals surface area contributed by atoms with Crippen molar-refractivity contribution in [3.8, 4) is 0 Å². The molecule has 28 heavy (non-hydrogen) atoms. The third-order valence-electron chi connectivity index (χ3n) is 3.49. The van der Waals surface area contributed by atoms with Gasteiger partial charge in [-0.25, -0.2) is 9.97 Å². The largest absolute Gasteiger partial charge is 0.380 e. The highest BCUT2D eigenvalue weighted by atomic mass is 32.2. The molecule has 0 radical (unpaired) electrons. The van der Waals surface area contributed by atoms with Crippen LogP contribution < -0.4 is 10.6 Å². The zero-order valence-corrected chi connectivity index (χ0v) is 18.3. The van der Waals surface area contributed by atoms with Gasteiger partial charge in [0.2, 0.25) is 5.91 Å². The van der Waals surface area contributed by atoms with Gasteiger partial charge in [0.05, 0.1) is 5.75 Å². The average Bonchev–Trinajstić information content (AvgIpc) is 3.20. The van der Waals surface area contributed by atoms with Crippen molar-refractivity contribution >= 4 is 40.4 Å². The predicted octanol–water partition coefficient (Wildman–Crippen LogP) is 5.52. The summed E-state index contributed by atoms with van der Waals surface area (Å²) < 4.78 is 0. The highest BCUT2D eigenvalue weighted by molar-refractivity contribution is 7.99. The molecule has 0 atom stereocenters. The van der Waals surface area contributed by atoms with Crippen LogP contribution in [0.1, 0.15) is 30.1 Å². The van der Waals surface area contributed by atoms with Crippen LogP contribution in [0.25, 0.3) is 0 Å². The summed E-state index contributed by atoms with van der Waals surface area (Å²) in [6.07, 6.45) is 0. The molecule has 2 heterocycles. The van der Waals surface area contributed by atoms with Crippen molar-refractivity contribution in [3.05, 3.63) is 64.1 Å². The first-order chi connectivity index (χ1) is 13.6. The minimum Gasteiger partial charge on any atom is -0.380 e. The summed E-state index contributed by atoms with van der Waals surface area (Å²) >= 11 is 3.06. The maximum absolute atomic E-state index is 12.2. The fraction of sp³-hybridized carbons (Fsp3) is 0.286. The van der Waals surface area contributed by atoms with Crippen LogP contribution in [0.15, 0.2) is 53.0 Å². The fourth-order valence-electron chi connectivity index (χ4n) is 2.39. The Kier molecular flexibility index (Phi) is 8.97. The zero-order chi connectivity index (χ0) is 20.4. The van der Waals surface area contributed by atoms with Crippen LogP contribution in [0, 0.1) is 13.8 Å². The molecule has 5 nitrogen and oxygen atoms in total. The summed E-state index contributed by atoms with van der Waals surface area (Å²) in [7, 11) is 0. The highest BCUT2D eigenvalue weighted by Gasteiger charge is 2.07. The van der Waals surface area contributed by atoms with E-state index in [0.29, 0.717) is 5.16 Å². The number of amides is 1. The Morgan fingerprint density at radius 2 is 1.75 bits per heavy atom. The van der Waals surface area contributed by atoms with Gasteiger partial charge in [0.15, 0.2) is 5.16 Å². The van der Waals surface area contributed by atoms with Crippen LogP contribution in [-0.2, 0) is 11.3 Å². The van der Waals surface area contributed by atoms with E-state index in [1.54, 1.807) is 11.3 Å². The smallest absolute Gasteiger partial charge is 0.234 e. The van der Waals surface area contributed by atoms with Crippen molar-refractivity contribution < 1.29 is 4.79 Å². The molecule has 148 valence electrons. The Labute approximate surface area is 175 Å². The molecule has 0 aliphatic heterocycles. The topological polar surface area (TPSA) is 66.9 Å². The average molecular weight is 415 g/mol. The number of aromatic nitrogens is 2. The van der Waals surface area contributed by atoms with Gasteiger partial charge in [0.1, 0.15) is 0 Å². The maximum Gasteiger partial charge on any atom is 0.234 e. The Morgan fingerprint density at radius 1 is 1.04 bits per heavy atom. The number of rotatable bonds is 7. The van der Waals surface area contributed by atoms with E-state index >= 15 is 0 Å². The van der Waals surface area contributed by atoms with E-state index < -0.39 is 0 Å². The Morgan fingerprint density at radius 3 is 2.43 bits per heavy atom. The van der Waals surface area contributed by atoms with Crippen LogP contribution >= 0.6 is 23.1 Å². The number of hydrogen-bond acceptors (Lipinski definition) is 6. The molecule has 2 N–H and O–H groups in total. The highest BCUT2D eigenvalue weighted by Crippen LogP contribution is 2.19. The summed E-state index contributed by atoms with van der Waals surface area (Å²) in [5.74, 6) is 0.198. The first-order valence-electron chi connectivity index (χ1n) is 9.20. The monoisotopic (exact) mass is 414 g/mol. The summed E-state index contributed by atoms with van der Waals surface area (Å²) in [6, 6.07) is 13.8. The number of nitrogens with one attached hydrogen (secondary N) is 2. The molecular weight excluding hydrogens is 388 g/mol. The minimum atomic E-state index is -0.0758. The van der Waals surface area contributed by atoms with Gasteiger partial charge in [0, 0.05) is 34.2 Å². The second-order valence-electron chi connectivity index (χ2n) is 5.78. The molecule has 2 aromatic heterocycles. The second kappa shape index (κ2) is 11.5. The van der Waals surface area contributed by atoms with Gasteiger partial charge in [-0.15, -0.1) is 11.3 Å². The minimum absolute atomic E-state index is 0.0758. The number of hydrogen-bond donors (Lipinski definition) is 2. The van der Waals surface area contributed by atoms with Crippen molar-refractivity contribution in [2.75, 3.05) is 16.4 Å². The van der Waals surface area contributed by atoms with E-state index in [1.165, 1.54) is 16.6 Å². The number of carbonyl (C=O) groups excluding carboxylic acids is 1. The van der Waals surface area contributed by atoms with E-state index in [1.807, 2.05) is 64.1 Å². The van der Waals surface area contributed by atoms with Crippen LogP contribution in [0.3, 0.4) is 0 Å². The van der Waals surface area contributed by atoms with Crippen molar-refractivity contribution in [2.45, 2.75) is 39.4 Å². The third-order valence-corrected chi connectivity index (χ3v) is 5.21. The van der Waals surface area contributed by atoms with Crippen molar-refractivity contribution in [3.63, 3.8) is 0 Å². The third kappa shape index (κ3) is 7.32. The quantitative estimate of drug-likeness (QED) is 0.393. The van der Waals surface area contributed by atoms with Crippen LogP contribution in [-0.4, -0.2) is 21.6 Å². The molecule has 3 rings (SSSR count). The van der Waals surface area contributed by atoms with Crippen LogP contribution in [0.4, 0.5) is 11.4 Å². The standard InChI is InChI=1S/C19H20N4OS2.C2H6/c1-13-9-14(2)22-19(21-13)26-12-18(24)23-16-6-3-5-15(10-16)20-11-17-7-4-8-25-17;1-2/h3-10,20H,11-12H2,1-2H3,(H,23,24);1-2H3. The number of thiophene rings is 1. The SMILES string of the molecule is CC.Cc1cc(C)nc(SCC(=O)Nc2cccc(NCc3cccs3)c2)n1. The van der Waals surface area contributed by atoms with Crippen molar-refractivity contribution in [2.24, 2.45) is 0 Å². The molecule has 0 spiro atoms. The van der Waals surface area contributed by atoms with Gasteiger partial charge in [-0.2, -0.15) is 0 Å². The van der Waals surface area contributed by atoms with Gasteiger partial charge < -0.3 is 10.6 Å².